The molecule has 0 aliphatic rings. The minimum Gasteiger partial charge on any atom is -0.466 e. The molecule has 0 fully saturated rings. The van der Waals surface area contributed by atoms with Gasteiger partial charge in [-0.3, -0.25) is 4.79 Å². The Morgan fingerprint density at radius 1 is 1.31 bits per heavy atom. The summed E-state index contributed by atoms with van der Waals surface area (Å²) in [6.45, 7) is 1.22. The molecule has 0 N–H and O–H groups in total. The largest absolute Gasteiger partial charge is 0.466 e. The molecule has 1 atom stereocenters. The number of methoxy groups -OCH3 is 1. The molecule has 86 valence electrons. The quantitative estimate of drug-likeness (QED) is 0.762. The molecule has 4 nitrogen and oxygen atoms in total. The summed E-state index contributed by atoms with van der Waals surface area (Å²) in [6.07, 6.45) is -1.11. The van der Waals surface area contributed by atoms with Crippen LogP contribution in [-0.4, -0.2) is 19.0 Å². The van der Waals surface area contributed by atoms with Crippen molar-refractivity contribution >= 4 is 23.5 Å². The van der Waals surface area contributed by atoms with Crippen molar-refractivity contribution in [2.24, 2.45) is 0 Å². The first-order chi connectivity index (χ1) is 7.56. The lowest BCUT2D eigenvalue weighted by atomic mass is 10.1. The lowest BCUT2D eigenvalue weighted by Crippen LogP contribution is -2.20. The highest BCUT2D eigenvalue weighted by Gasteiger charge is 2.26. The van der Waals surface area contributed by atoms with Gasteiger partial charge >= 0.3 is 11.9 Å². The third kappa shape index (κ3) is 2.97. The summed E-state index contributed by atoms with van der Waals surface area (Å²) >= 11 is 5.90. The molecule has 0 spiro atoms. The van der Waals surface area contributed by atoms with E-state index in [2.05, 4.69) is 4.74 Å². The zero-order valence-corrected chi connectivity index (χ0v) is 9.65. The maximum atomic E-state index is 11.4. The average molecular weight is 243 g/mol. The minimum absolute atomic E-state index is 0.346. The van der Waals surface area contributed by atoms with E-state index in [1.807, 2.05) is 0 Å². The summed E-state index contributed by atoms with van der Waals surface area (Å²) in [6, 6.07) is 6.62. The van der Waals surface area contributed by atoms with Crippen LogP contribution in [0.3, 0.4) is 0 Å². The number of benzene rings is 1. The molecule has 0 unspecified atom stereocenters. The summed E-state index contributed by atoms with van der Waals surface area (Å²) in [5.41, 5.74) is 0.409. The van der Waals surface area contributed by atoms with Crippen molar-refractivity contribution in [2.45, 2.75) is 13.0 Å². The molecule has 1 rings (SSSR count). The number of hydrogen-bond donors (Lipinski definition) is 0. The first kappa shape index (κ1) is 12.5. The molecule has 0 radical (unpaired) electrons. The summed E-state index contributed by atoms with van der Waals surface area (Å²) in [4.78, 5) is 22.3. The number of hydrogen-bond acceptors (Lipinski definition) is 4. The van der Waals surface area contributed by atoms with Gasteiger partial charge < -0.3 is 9.47 Å². The predicted octanol–water partition coefficient (Wildman–Crippen LogP) is 2.12. The number of carbonyl (C=O) groups is 2. The Kier molecular flexibility index (Phi) is 4.31. The zero-order chi connectivity index (χ0) is 12.1. The van der Waals surface area contributed by atoms with Crippen LogP contribution < -0.4 is 0 Å². The van der Waals surface area contributed by atoms with Crippen molar-refractivity contribution in [3.63, 3.8) is 0 Å². The molecule has 0 aliphatic carbocycles. The van der Waals surface area contributed by atoms with Gasteiger partial charge in [0, 0.05) is 17.5 Å². The van der Waals surface area contributed by atoms with Gasteiger partial charge in [0.05, 0.1) is 7.11 Å². The molecule has 0 amide bonds. The lowest BCUT2D eigenvalue weighted by Gasteiger charge is -2.15. The van der Waals surface area contributed by atoms with Gasteiger partial charge in [0.25, 0.3) is 0 Å². The number of halogens is 1. The van der Waals surface area contributed by atoms with E-state index < -0.39 is 18.0 Å². The predicted molar refractivity (Wildman–Crippen MR) is 58.0 cm³/mol. The van der Waals surface area contributed by atoms with Crippen molar-refractivity contribution in [3.8, 4) is 0 Å². The lowest BCUT2D eigenvalue weighted by molar-refractivity contribution is -0.165. The Bertz CT molecular complexity index is 403. The standard InChI is InChI=1S/C11H11ClO4/c1-7(13)16-10(11(14)15-2)8-5-3-4-6-9(8)12/h3-6,10H,1-2H3/t10-/m0/s1. The summed E-state index contributed by atoms with van der Waals surface area (Å²) < 4.78 is 9.42. The molecule has 1 aromatic carbocycles. The van der Waals surface area contributed by atoms with Crippen LogP contribution in [0.15, 0.2) is 24.3 Å². The molecule has 0 saturated heterocycles. The van der Waals surface area contributed by atoms with Crippen molar-refractivity contribution in [3.05, 3.63) is 34.9 Å². The van der Waals surface area contributed by atoms with E-state index >= 15 is 0 Å². The van der Waals surface area contributed by atoms with E-state index in [0.717, 1.165) is 0 Å². The Morgan fingerprint density at radius 2 is 1.94 bits per heavy atom. The van der Waals surface area contributed by atoms with Crippen LogP contribution in [0.25, 0.3) is 0 Å². The van der Waals surface area contributed by atoms with E-state index in [4.69, 9.17) is 16.3 Å². The van der Waals surface area contributed by atoms with Crippen LogP contribution in [0.4, 0.5) is 0 Å². The molecule has 0 aliphatic heterocycles. The first-order valence-corrected chi connectivity index (χ1v) is 4.93. The molecular formula is C11H11ClO4. The SMILES string of the molecule is COC(=O)[C@@H](OC(C)=O)c1ccccc1Cl. The van der Waals surface area contributed by atoms with E-state index in [1.54, 1.807) is 24.3 Å². The van der Waals surface area contributed by atoms with Crippen molar-refractivity contribution in [2.75, 3.05) is 7.11 Å². The number of ether oxygens (including phenoxy) is 2. The fourth-order valence-electron chi connectivity index (χ4n) is 1.20. The second-order valence-electron chi connectivity index (χ2n) is 3.03. The summed E-state index contributed by atoms with van der Waals surface area (Å²) in [5, 5.41) is 0.346. The molecule has 1 aromatic rings. The van der Waals surface area contributed by atoms with Crippen molar-refractivity contribution < 1.29 is 19.1 Å². The van der Waals surface area contributed by atoms with Crippen LogP contribution in [0.1, 0.15) is 18.6 Å². The van der Waals surface area contributed by atoms with Crippen LogP contribution in [0.2, 0.25) is 5.02 Å². The maximum absolute atomic E-state index is 11.4. The Labute approximate surface area is 98.1 Å². The monoisotopic (exact) mass is 242 g/mol. The molecule has 0 aromatic heterocycles. The molecule has 16 heavy (non-hydrogen) atoms. The Hall–Kier alpha value is -1.55. The van der Waals surface area contributed by atoms with Crippen LogP contribution in [0, 0.1) is 0 Å². The number of esters is 2. The number of rotatable bonds is 3. The van der Waals surface area contributed by atoms with Gasteiger partial charge in [-0.05, 0) is 6.07 Å². The Balaban J connectivity index is 3.06. The van der Waals surface area contributed by atoms with E-state index in [-0.39, 0.29) is 0 Å². The average Bonchev–Trinajstić information content (AvgIpc) is 2.26. The van der Waals surface area contributed by atoms with Crippen LogP contribution >= 0.6 is 11.6 Å². The molecular weight excluding hydrogens is 232 g/mol. The van der Waals surface area contributed by atoms with Gasteiger partial charge in [0.2, 0.25) is 6.10 Å². The Morgan fingerprint density at radius 3 is 2.44 bits per heavy atom. The molecule has 5 heteroatoms. The molecule has 0 bridgehead atoms. The second-order valence-corrected chi connectivity index (χ2v) is 3.44. The van der Waals surface area contributed by atoms with Gasteiger partial charge in [-0.2, -0.15) is 0 Å². The fourth-order valence-corrected chi connectivity index (χ4v) is 1.43. The highest BCUT2D eigenvalue weighted by atomic mass is 35.5. The van der Waals surface area contributed by atoms with Gasteiger partial charge in [0.15, 0.2) is 0 Å². The zero-order valence-electron chi connectivity index (χ0n) is 8.90. The van der Waals surface area contributed by atoms with Gasteiger partial charge in [0.1, 0.15) is 0 Å². The maximum Gasteiger partial charge on any atom is 0.352 e. The third-order valence-electron chi connectivity index (χ3n) is 1.89. The highest BCUT2D eigenvalue weighted by Crippen LogP contribution is 2.26. The summed E-state index contributed by atoms with van der Waals surface area (Å²) in [7, 11) is 1.22. The van der Waals surface area contributed by atoms with E-state index in [0.29, 0.717) is 10.6 Å². The van der Waals surface area contributed by atoms with Crippen molar-refractivity contribution in [1.29, 1.82) is 0 Å². The normalized spacial score (nSPS) is 11.7. The van der Waals surface area contributed by atoms with E-state index in [9.17, 15) is 9.59 Å². The van der Waals surface area contributed by atoms with Gasteiger partial charge in [-0.1, -0.05) is 29.8 Å². The minimum atomic E-state index is -1.11. The molecule has 0 heterocycles. The smallest absolute Gasteiger partial charge is 0.352 e. The van der Waals surface area contributed by atoms with Gasteiger partial charge in [-0.25, -0.2) is 4.79 Å². The summed E-state index contributed by atoms with van der Waals surface area (Å²) in [5.74, 6) is -1.24. The van der Waals surface area contributed by atoms with E-state index in [1.165, 1.54) is 14.0 Å². The van der Waals surface area contributed by atoms with Gasteiger partial charge in [-0.15, -0.1) is 0 Å². The highest BCUT2D eigenvalue weighted by molar-refractivity contribution is 6.31. The first-order valence-electron chi connectivity index (χ1n) is 4.55. The van der Waals surface area contributed by atoms with Crippen molar-refractivity contribution in [1.82, 2.24) is 0 Å². The van der Waals surface area contributed by atoms with Crippen LogP contribution in [-0.2, 0) is 19.1 Å². The molecule has 0 saturated carbocycles. The fraction of sp³-hybridized carbons (Fsp3) is 0.273. The topological polar surface area (TPSA) is 52.6 Å². The van der Waals surface area contributed by atoms with Crippen LogP contribution in [0.5, 0.6) is 0 Å². The number of carbonyl (C=O) groups excluding carboxylic acids is 2. The third-order valence-corrected chi connectivity index (χ3v) is 2.23. The second kappa shape index (κ2) is 5.51.